The van der Waals surface area contributed by atoms with E-state index in [2.05, 4.69) is 4.99 Å². The molecule has 12 heavy (non-hydrogen) atoms. The quantitative estimate of drug-likeness (QED) is 0.596. The van der Waals surface area contributed by atoms with Crippen LogP contribution in [0.3, 0.4) is 0 Å². The summed E-state index contributed by atoms with van der Waals surface area (Å²) in [5.74, 6) is 1.34. The van der Waals surface area contributed by atoms with Crippen LogP contribution >= 0.6 is 0 Å². The van der Waals surface area contributed by atoms with E-state index in [-0.39, 0.29) is 10.8 Å². The maximum atomic E-state index is 11.8. The van der Waals surface area contributed by atoms with Gasteiger partial charge < -0.3 is 5.73 Å². The average molecular weight is 186 g/mol. The molecule has 2 N–H and O–H groups in total. The third-order valence-electron chi connectivity index (χ3n) is 2.82. The predicted octanol–water partition coefficient (Wildman–Crippen LogP) is 0.417. The molecule has 1 aliphatic carbocycles. The first kappa shape index (κ1) is 8.23. The standard InChI is InChI=1S/C8H14N2OS/c1-6-5-12(11)8(3-2-4-8)7(9)10-6/h6H,2-5H2,1H3,(H2,9,10). The molecule has 68 valence electrons. The van der Waals surface area contributed by atoms with E-state index in [0.29, 0.717) is 11.6 Å². The third-order valence-corrected chi connectivity index (χ3v) is 5.09. The van der Waals surface area contributed by atoms with Gasteiger partial charge in [0.1, 0.15) is 10.6 Å². The number of amidine groups is 1. The van der Waals surface area contributed by atoms with Crippen molar-refractivity contribution in [2.75, 3.05) is 5.75 Å². The number of nitrogens with two attached hydrogens (primary N) is 1. The minimum atomic E-state index is -0.773. The van der Waals surface area contributed by atoms with Crippen molar-refractivity contribution >= 4 is 16.6 Å². The van der Waals surface area contributed by atoms with Gasteiger partial charge in [-0.25, -0.2) is 0 Å². The van der Waals surface area contributed by atoms with Gasteiger partial charge in [0, 0.05) is 16.6 Å². The Morgan fingerprint density at radius 1 is 1.67 bits per heavy atom. The summed E-state index contributed by atoms with van der Waals surface area (Å²) in [6, 6.07) is 0.150. The van der Waals surface area contributed by atoms with Gasteiger partial charge in [-0.15, -0.1) is 0 Å². The number of nitrogens with zero attached hydrogens (tertiary/aromatic N) is 1. The molecule has 2 rings (SSSR count). The molecule has 1 aliphatic heterocycles. The Labute approximate surface area is 74.9 Å². The number of hydrogen-bond acceptors (Lipinski definition) is 3. The van der Waals surface area contributed by atoms with Crippen LogP contribution < -0.4 is 5.73 Å². The molecule has 1 fully saturated rings. The molecule has 0 aromatic carbocycles. The molecule has 2 atom stereocenters. The molecular weight excluding hydrogens is 172 g/mol. The highest BCUT2D eigenvalue weighted by atomic mass is 32.2. The van der Waals surface area contributed by atoms with Crippen LogP contribution in [0.1, 0.15) is 26.2 Å². The van der Waals surface area contributed by atoms with Gasteiger partial charge in [-0.2, -0.15) is 0 Å². The molecular formula is C8H14N2OS. The molecule has 3 nitrogen and oxygen atoms in total. The first-order valence-electron chi connectivity index (χ1n) is 4.37. The lowest BCUT2D eigenvalue weighted by Crippen LogP contribution is -2.57. The fourth-order valence-electron chi connectivity index (χ4n) is 1.87. The maximum Gasteiger partial charge on any atom is 0.113 e. The summed E-state index contributed by atoms with van der Waals surface area (Å²) >= 11 is 0. The summed E-state index contributed by atoms with van der Waals surface area (Å²) in [6.07, 6.45) is 3.10. The SMILES string of the molecule is CC1CS(=O)C2(CCC2)C(N)=N1. The van der Waals surface area contributed by atoms with Gasteiger partial charge >= 0.3 is 0 Å². The summed E-state index contributed by atoms with van der Waals surface area (Å²) in [7, 11) is -0.773. The van der Waals surface area contributed by atoms with Crippen molar-refractivity contribution in [2.24, 2.45) is 10.7 Å². The normalized spacial score (nSPS) is 38.9. The van der Waals surface area contributed by atoms with Crippen LogP contribution in [0.15, 0.2) is 4.99 Å². The van der Waals surface area contributed by atoms with E-state index in [0.717, 1.165) is 19.3 Å². The van der Waals surface area contributed by atoms with Crippen LogP contribution in [0.2, 0.25) is 0 Å². The van der Waals surface area contributed by atoms with Crippen LogP contribution in [-0.4, -0.2) is 26.6 Å². The maximum absolute atomic E-state index is 11.8. The molecule has 0 radical (unpaired) electrons. The van der Waals surface area contributed by atoms with Gasteiger partial charge in [-0.1, -0.05) is 0 Å². The smallest absolute Gasteiger partial charge is 0.113 e. The van der Waals surface area contributed by atoms with E-state index in [1.807, 2.05) is 6.92 Å². The average Bonchev–Trinajstić information content (AvgIpc) is 1.80. The lowest BCUT2D eigenvalue weighted by Gasteiger charge is -2.43. The molecule has 0 bridgehead atoms. The Morgan fingerprint density at radius 2 is 2.33 bits per heavy atom. The molecule has 0 aromatic rings. The highest BCUT2D eigenvalue weighted by Crippen LogP contribution is 2.40. The van der Waals surface area contributed by atoms with E-state index in [9.17, 15) is 4.21 Å². The Bertz CT molecular complexity index is 258. The van der Waals surface area contributed by atoms with Gasteiger partial charge in [0.25, 0.3) is 0 Å². The summed E-state index contributed by atoms with van der Waals surface area (Å²) in [5.41, 5.74) is 5.81. The molecule has 2 unspecified atom stereocenters. The summed E-state index contributed by atoms with van der Waals surface area (Å²) < 4.78 is 11.6. The Hall–Kier alpha value is -0.380. The summed E-state index contributed by atoms with van der Waals surface area (Å²) in [6.45, 7) is 1.97. The molecule has 1 saturated carbocycles. The molecule has 1 heterocycles. The van der Waals surface area contributed by atoms with Crippen molar-refractivity contribution in [3.8, 4) is 0 Å². The van der Waals surface area contributed by atoms with Gasteiger partial charge in [0.15, 0.2) is 0 Å². The second-order valence-corrected chi connectivity index (χ2v) is 5.53. The van der Waals surface area contributed by atoms with Crippen LogP contribution in [0.25, 0.3) is 0 Å². The monoisotopic (exact) mass is 186 g/mol. The minimum absolute atomic E-state index is 0.150. The van der Waals surface area contributed by atoms with Crippen LogP contribution in [0, 0.1) is 0 Å². The fourth-order valence-corrected chi connectivity index (χ4v) is 3.73. The Kier molecular flexibility index (Phi) is 1.75. The molecule has 0 amide bonds. The van der Waals surface area contributed by atoms with E-state index in [1.165, 1.54) is 0 Å². The Morgan fingerprint density at radius 3 is 2.75 bits per heavy atom. The molecule has 4 heteroatoms. The van der Waals surface area contributed by atoms with Crippen LogP contribution in [0.4, 0.5) is 0 Å². The lowest BCUT2D eigenvalue weighted by atomic mass is 9.83. The van der Waals surface area contributed by atoms with Crippen molar-refractivity contribution in [3.63, 3.8) is 0 Å². The molecule has 0 saturated heterocycles. The van der Waals surface area contributed by atoms with Crippen molar-refractivity contribution in [1.82, 2.24) is 0 Å². The van der Waals surface area contributed by atoms with Crippen molar-refractivity contribution in [1.29, 1.82) is 0 Å². The number of rotatable bonds is 0. The van der Waals surface area contributed by atoms with Gasteiger partial charge in [-0.3, -0.25) is 9.20 Å². The summed E-state index contributed by atoms with van der Waals surface area (Å²) in [5, 5.41) is 0. The zero-order chi connectivity index (χ0) is 8.77. The van der Waals surface area contributed by atoms with Crippen molar-refractivity contribution < 1.29 is 4.21 Å². The van der Waals surface area contributed by atoms with E-state index < -0.39 is 10.8 Å². The zero-order valence-electron chi connectivity index (χ0n) is 7.25. The van der Waals surface area contributed by atoms with Crippen LogP contribution in [0.5, 0.6) is 0 Å². The summed E-state index contributed by atoms with van der Waals surface area (Å²) in [4.78, 5) is 4.31. The largest absolute Gasteiger partial charge is 0.386 e. The molecule has 0 aromatic heterocycles. The fraction of sp³-hybridized carbons (Fsp3) is 0.875. The first-order chi connectivity index (χ1) is 5.65. The Balaban J connectivity index is 2.33. The van der Waals surface area contributed by atoms with Gasteiger partial charge in [0.05, 0.1) is 6.04 Å². The van der Waals surface area contributed by atoms with E-state index >= 15 is 0 Å². The minimum Gasteiger partial charge on any atom is -0.386 e. The topological polar surface area (TPSA) is 55.5 Å². The third kappa shape index (κ3) is 0.937. The van der Waals surface area contributed by atoms with E-state index in [4.69, 9.17) is 5.73 Å². The first-order valence-corrected chi connectivity index (χ1v) is 5.69. The molecule has 2 aliphatic rings. The molecule has 1 spiro atoms. The van der Waals surface area contributed by atoms with Crippen molar-refractivity contribution in [2.45, 2.75) is 37.0 Å². The number of hydrogen-bond donors (Lipinski definition) is 1. The van der Waals surface area contributed by atoms with Crippen molar-refractivity contribution in [3.05, 3.63) is 0 Å². The van der Waals surface area contributed by atoms with Gasteiger partial charge in [-0.05, 0) is 26.2 Å². The second kappa shape index (κ2) is 2.55. The zero-order valence-corrected chi connectivity index (χ0v) is 8.06. The van der Waals surface area contributed by atoms with E-state index in [1.54, 1.807) is 0 Å². The highest BCUT2D eigenvalue weighted by Gasteiger charge is 2.48. The lowest BCUT2D eigenvalue weighted by molar-refractivity contribution is 0.430. The van der Waals surface area contributed by atoms with Gasteiger partial charge in [0.2, 0.25) is 0 Å². The second-order valence-electron chi connectivity index (χ2n) is 3.72. The number of aliphatic imine (C=N–C) groups is 1. The highest BCUT2D eigenvalue weighted by molar-refractivity contribution is 7.87. The predicted molar refractivity (Wildman–Crippen MR) is 50.7 cm³/mol. The van der Waals surface area contributed by atoms with Crippen LogP contribution in [-0.2, 0) is 10.8 Å².